The number of hydrogen-bond donors (Lipinski definition) is 3. The van der Waals surface area contributed by atoms with E-state index in [1.54, 1.807) is 24.3 Å². The van der Waals surface area contributed by atoms with Gasteiger partial charge in [0.1, 0.15) is 5.84 Å². The number of sulfonamides is 1. The van der Waals surface area contributed by atoms with E-state index in [1.807, 2.05) is 6.92 Å². The molecular weight excluding hydrogens is 250 g/mol. The summed E-state index contributed by atoms with van der Waals surface area (Å²) in [7, 11) is -3.21. The lowest BCUT2D eigenvalue weighted by Gasteiger charge is -2.07. The third-order valence-corrected chi connectivity index (χ3v) is 3.91. The third-order valence-electron chi connectivity index (χ3n) is 2.50. The number of amidine groups is 1. The molecule has 5 nitrogen and oxygen atoms in total. The summed E-state index contributed by atoms with van der Waals surface area (Å²) in [4.78, 5) is 0. The topological polar surface area (TPSA) is 96.0 Å². The fourth-order valence-electron chi connectivity index (χ4n) is 1.45. The largest absolute Gasteiger partial charge is 0.384 e. The molecule has 0 aromatic heterocycles. The second-order valence-corrected chi connectivity index (χ2v) is 6.03. The van der Waals surface area contributed by atoms with Crippen LogP contribution < -0.4 is 10.5 Å². The van der Waals surface area contributed by atoms with Crippen molar-refractivity contribution < 1.29 is 8.42 Å². The van der Waals surface area contributed by atoms with Crippen LogP contribution in [0.25, 0.3) is 0 Å². The Morgan fingerprint density at radius 2 is 2.17 bits per heavy atom. The van der Waals surface area contributed by atoms with E-state index in [0.717, 1.165) is 12.0 Å². The van der Waals surface area contributed by atoms with Crippen molar-refractivity contribution in [2.45, 2.75) is 26.3 Å². The van der Waals surface area contributed by atoms with Gasteiger partial charge in [-0.3, -0.25) is 5.41 Å². The highest BCUT2D eigenvalue weighted by Crippen LogP contribution is 2.05. The molecule has 0 saturated carbocycles. The number of benzene rings is 1. The lowest BCUT2D eigenvalue weighted by Crippen LogP contribution is -2.26. The van der Waals surface area contributed by atoms with E-state index in [1.165, 1.54) is 0 Å². The van der Waals surface area contributed by atoms with Crippen LogP contribution in [0.4, 0.5) is 0 Å². The summed E-state index contributed by atoms with van der Waals surface area (Å²) in [6, 6.07) is 6.99. The molecule has 0 unspecified atom stereocenters. The molecule has 18 heavy (non-hydrogen) atoms. The minimum Gasteiger partial charge on any atom is -0.384 e. The summed E-state index contributed by atoms with van der Waals surface area (Å²) in [5.41, 5.74) is 6.77. The van der Waals surface area contributed by atoms with Gasteiger partial charge in [-0.1, -0.05) is 31.5 Å². The van der Waals surface area contributed by atoms with E-state index < -0.39 is 10.0 Å². The molecular formula is C12H19N3O2S. The van der Waals surface area contributed by atoms with Crippen LogP contribution in [0.5, 0.6) is 0 Å². The van der Waals surface area contributed by atoms with Crippen molar-refractivity contribution in [3.8, 4) is 0 Å². The molecule has 0 spiro atoms. The van der Waals surface area contributed by atoms with Crippen molar-refractivity contribution in [1.82, 2.24) is 4.72 Å². The molecule has 4 N–H and O–H groups in total. The van der Waals surface area contributed by atoms with Crippen LogP contribution in [0.3, 0.4) is 0 Å². The molecule has 0 saturated heterocycles. The Kier molecular flexibility index (Phi) is 5.30. The molecule has 6 heteroatoms. The van der Waals surface area contributed by atoms with Crippen LogP contribution in [0.15, 0.2) is 24.3 Å². The maximum atomic E-state index is 11.6. The van der Waals surface area contributed by atoms with Crippen molar-refractivity contribution in [3.05, 3.63) is 35.4 Å². The summed E-state index contributed by atoms with van der Waals surface area (Å²) >= 11 is 0. The van der Waals surface area contributed by atoms with E-state index in [0.29, 0.717) is 12.0 Å². The smallest absolute Gasteiger partial charge is 0.211 e. The molecule has 1 rings (SSSR count). The van der Waals surface area contributed by atoms with Crippen LogP contribution in [0.1, 0.15) is 30.9 Å². The zero-order chi connectivity index (χ0) is 13.6. The molecule has 1 aromatic rings. The van der Waals surface area contributed by atoms with Crippen molar-refractivity contribution in [2.24, 2.45) is 5.73 Å². The summed E-state index contributed by atoms with van der Waals surface area (Å²) in [6.07, 6.45) is 1.50. The van der Waals surface area contributed by atoms with Gasteiger partial charge in [0, 0.05) is 12.1 Å². The lowest BCUT2D eigenvalue weighted by molar-refractivity contribution is 0.578. The van der Waals surface area contributed by atoms with Crippen molar-refractivity contribution in [2.75, 3.05) is 5.75 Å². The molecule has 0 aliphatic heterocycles. The number of nitrogens with one attached hydrogen (secondary N) is 2. The molecule has 0 atom stereocenters. The number of nitrogens with two attached hydrogens (primary N) is 1. The minimum atomic E-state index is -3.21. The number of unbranched alkanes of at least 4 members (excludes halogenated alkanes) is 1. The normalized spacial score (nSPS) is 11.4. The standard InChI is InChI=1S/C12H19N3O2S/c1-2-3-7-18(16,17)15-9-10-5-4-6-11(8-10)12(13)14/h4-6,8,15H,2-3,7,9H2,1H3,(H3,13,14). The zero-order valence-electron chi connectivity index (χ0n) is 10.4. The second-order valence-electron chi connectivity index (χ2n) is 4.11. The first kappa shape index (κ1) is 14.7. The molecule has 0 radical (unpaired) electrons. The van der Waals surface area contributed by atoms with Gasteiger partial charge in [-0.15, -0.1) is 0 Å². The molecule has 0 amide bonds. The maximum absolute atomic E-state index is 11.6. The Morgan fingerprint density at radius 1 is 1.44 bits per heavy atom. The van der Waals surface area contributed by atoms with Gasteiger partial charge in [0.15, 0.2) is 0 Å². The highest BCUT2D eigenvalue weighted by molar-refractivity contribution is 7.89. The van der Waals surface area contributed by atoms with E-state index in [9.17, 15) is 8.42 Å². The van der Waals surface area contributed by atoms with Crippen LogP contribution >= 0.6 is 0 Å². The average Bonchev–Trinajstić information content (AvgIpc) is 2.34. The molecule has 0 bridgehead atoms. The molecule has 0 fully saturated rings. The Bertz CT molecular complexity index is 512. The lowest BCUT2D eigenvalue weighted by atomic mass is 10.1. The first-order chi connectivity index (χ1) is 8.44. The van der Waals surface area contributed by atoms with Crippen molar-refractivity contribution in [1.29, 1.82) is 5.41 Å². The van der Waals surface area contributed by atoms with Gasteiger partial charge in [0.25, 0.3) is 0 Å². The Hall–Kier alpha value is -1.40. The Morgan fingerprint density at radius 3 is 2.78 bits per heavy atom. The average molecular weight is 269 g/mol. The van der Waals surface area contributed by atoms with Gasteiger partial charge in [0.05, 0.1) is 5.75 Å². The number of rotatable bonds is 7. The molecule has 0 heterocycles. The van der Waals surface area contributed by atoms with Crippen LogP contribution in [0, 0.1) is 5.41 Å². The first-order valence-electron chi connectivity index (χ1n) is 5.85. The van der Waals surface area contributed by atoms with Crippen LogP contribution in [-0.4, -0.2) is 20.0 Å². The fraction of sp³-hybridized carbons (Fsp3) is 0.417. The second kappa shape index (κ2) is 6.51. The Balaban J connectivity index is 2.63. The Labute approximate surface area is 108 Å². The highest BCUT2D eigenvalue weighted by atomic mass is 32.2. The number of nitrogen functional groups attached to an aromatic ring is 1. The van der Waals surface area contributed by atoms with Crippen LogP contribution in [-0.2, 0) is 16.6 Å². The monoisotopic (exact) mass is 269 g/mol. The summed E-state index contributed by atoms with van der Waals surface area (Å²) in [6.45, 7) is 2.18. The summed E-state index contributed by atoms with van der Waals surface area (Å²) in [5.74, 6) is 0.126. The summed E-state index contributed by atoms with van der Waals surface area (Å²) < 4.78 is 25.7. The van der Waals surface area contributed by atoms with Crippen LogP contribution in [0.2, 0.25) is 0 Å². The van der Waals surface area contributed by atoms with Gasteiger partial charge < -0.3 is 5.73 Å². The van der Waals surface area contributed by atoms with Crippen molar-refractivity contribution >= 4 is 15.9 Å². The SMILES string of the molecule is CCCCS(=O)(=O)NCc1cccc(C(=N)N)c1. The van der Waals surface area contributed by atoms with E-state index in [2.05, 4.69) is 4.72 Å². The molecule has 0 aliphatic carbocycles. The van der Waals surface area contributed by atoms with Gasteiger partial charge in [-0.2, -0.15) is 0 Å². The predicted molar refractivity (Wildman–Crippen MR) is 73.0 cm³/mol. The van der Waals surface area contributed by atoms with Gasteiger partial charge >= 0.3 is 0 Å². The van der Waals surface area contributed by atoms with E-state index in [4.69, 9.17) is 11.1 Å². The molecule has 0 aliphatic rings. The summed E-state index contributed by atoms with van der Waals surface area (Å²) in [5, 5.41) is 7.32. The van der Waals surface area contributed by atoms with Gasteiger partial charge in [0.2, 0.25) is 10.0 Å². The van der Waals surface area contributed by atoms with E-state index in [-0.39, 0.29) is 18.1 Å². The van der Waals surface area contributed by atoms with E-state index >= 15 is 0 Å². The highest BCUT2D eigenvalue weighted by Gasteiger charge is 2.09. The number of hydrogen-bond acceptors (Lipinski definition) is 3. The molecule has 1 aromatic carbocycles. The minimum absolute atomic E-state index is 0.0225. The third kappa shape index (κ3) is 4.85. The predicted octanol–water partition coefficient (Wildman–Crippen LogP) is 1.19. The van der Waals surface area contributed by atoms with Gasteiger partial charge in [-0.05, 0) is 18.1 Å². The molecule has 100 valence electrons. The quantitative estimate of drug-likeness (QED) is 0.512. The maximum Gasteiger partial charge on any atom is 0.211 e. The zero-order valence-corrected chi connectivity index (χ0v) is 11.3. The van der Waals surface area contributed by atoms with Gasteiger partial charge in [-0.25, -0.2) is 13.1 Å². The first-order valence-corrected chi connectivity index (χ1v) is 7.50. The fourth-order valence-corrected chi connectivity index (χ4v) is 2.65. The van der Waals surface area contributed by atoms with Crippen molar-refractivity contribution in [3.63, 3.8) is 0 Å².